The van der Waals surface area contributed by atoms with Gasteiger partial charge in [-0.15, -0.1) is 11.3 Å². The van der Waals surface area contributed by atoms with Crippen LogP contribution < -0.4 is 5.32 Å². The van der Waals surface area contributed by atoms with Crippen LogP contribution in [0.25, 0.3) is 0 Å². The predicted molar refractivity (Wildman–Crippen MR) is 80.9 cm³/mol. The van der Waals surface area contributed by atoms with E-state index in [0.717, 1.165) is 18.9 Å². The standard InChI is InChI=1S/C15H26N2OS/c1-5-18-14-7-12(8-14)6-13(16-4)9-15-17-10(2)11(3)19-15/h12-14,16H,5-9H2,1-4H3. The van der Waals surface area contributed by atoms with E-state index in [-0.39, 0.29) is 0 Å². The number of hydrogen-bond acceptors (Lipinski definition) is 4. The molecule has 1 atom stereocenters. The number of nitrogens with zero attached hydrogens (tertiary/aromatic N) is 1. The number of ether oxygens (including phenoxy) is 1. The van der Waals surface area contributed by atoms with Gasteiger partial charge in [-0.3, -0.25) is 0 Å². The van der Waals surface area contributed by atoms with E-state index in [1.54, 1.807) is 0 Å². The molecule has 4 heteroatoms. The fraction of sp³-hybridized carbons (Fsp3) is 0.800. The number of aromatic nitrogens is 1. The van der Waals surface area contributed by atoms with E-state index in [1.165, 1.54) is 34.8 Å². The zero-order valence-corrected chi connectivity index (χ0v) is 13.3. The number of rotatable bonds is 7. The molecule has 108 valence electrons. The van der Waals surface area contributed by atoms with Crippen LogP contribution in [-0.2, 0) is 11.2 Å². The molecule has 1 unspecified atom stereocenters. The molecule has 1 fully saturated rings. The molecule has 0 saturated heterocycles. The van der Waals surface area contributed by atoms with Gasteiger partial charge in [-0.2, -0.15) is 0 Å². The normalized spacial score (nSPS) is 24.2. The number of thiazole rings is 1. The Bertz CT molecular complexity index is 379. The van der Waals surface area contributed by atoms with Gasteiger partial charge in [-0.1, -0.05) is 0 Å². The first-order valence-corrected chi connectivity index (χ1v) is 8.15. The predicted octanol–water partition coefficient (Wildman–Crippen LogP) is 3.10. The number of likely N-dealkylation sites (N-methyl/N-ethyl adjacent to an activating group) is 1. The molecule has 0 spiro atoms. The highest BCUT2D eigenvalue weighted by atomic mass is 32.1. The lowest BCUT2D eigenvalue weighted by molar-refractivity contribution is -0.0288. The largest absolute Gasteiger partial charge is 0.378 e. The van der Waals surface area contributed by atoms with Crippen molar-refractivity contribution in [1.29, 1.82) is 0 Å². The lowest BCUT2D eigenvalue weighted by atomic mass is 9.78. The molecule has 19 heavy (non-hydrogen) atoms. The van der Waals surface area contributed by atoms with Gasteiger partial charge in [0.2, 0.25) is 0 Å². The summed E-state index contributed by atoms with van der Waals surface area (Å²) in [6.07, 6.45) is 5.31. The van der Waals surface area contributed by atoms with Gasteiger partial charge in [0.05, 0.1) is 16.8 Å². The van der Waals surface area contributed by atoms with Crippen molar-refractivity contribution < 1.29 is 4.74 Å². The minimum atomic E-state index is 0.525. The molecule has 0 radical (unpaired) electrons. The van der Waals surface area contributed by atoms with Crippen LogP contribution in [0.15, 0.2) is 0 Å². The van der Waals surface area contributed by atoms with Crippen molar-refractivity contribution in [1.82, 2.24) is 10.3 Å². The van der Waals surface area contributed by atoms with Crippen LogP contribution in [0.3, 0.4) is 0 Å². The van der Waals surface area contributed by atoms with Gasteiger partial charge in [0, 0.05) is 23.9 Å². The average Bonchev–Trinajstić information content (AvgIpc) is 2.64. The molecule has 2 rings (SSSR count). The molecule has 3 nitrogen and oxygen atoms in total. The zero-order chi connectivity index (χ0) is 13.8. The zero-order valence-electron chi connectivity index (χ0n) is 12.5. The monoisotopic (exact) mass is 282 g/mol. The summed E-state index contributed by atoms with van der Waals surface area (Å²) >= 11 is 1.84. The van der Waals surface area contributed by atoms with E-state index in [9.17, 15) is 0 Å². The molecule has 0 bridgehead atoms. The second-order valence-corrected chi connectivity index (χ2v) is 6.88. The van der Waals surface area contributed by atoms with Gasteiger partial charge in [-0.25, -0.2) is 4.98 Å². The SMILES string of the molecule is CCOC1CC(CC(Cc2nc(C)c(C)s2)NC)C1. The summed E-state index contributed by atoms with van der Waals surface area (Å²) in [5.41, 5.74) is 1.19. The Hall–Kier alpha value is -0.450. The van der Waals surface area contributed by atoms with Crippen LogP contribution in [-0.4, -0.2) is 30.8 Å². The van der Waals surface area contributed by atoms with Gasteiger partial charge in [-0.05, 0) is 53.0 Å². The molecule has 1 saturated carbocycles. The molecule has 1 N–H and O–H groups in total. The minimum Gasteiger partial charge on any atom is -0.378 e. The van der Waals surface area contributed by atoms with Crippen molar-refractivity contribution in [3.05, 3.63) is 15.6 Å². The Morgan fingerprint density at radius 1 is 1.42 bits per heavy atom. The van der Waals surface area contributed by atoms with Gasteiger partial charge >= 0.3 is 0 Å². The maximum absolute atomic E-state index is 5.63. The lowest BCUT2D eigenvalue weighted by Gasteiger charge is -2.36. The van der Waals surface area contributed by atoms with E-state index >= 15 is 0 Å². The minimum absolute atomic E-state index is 0.525. The quantitative estimate of drug-likeness (QED) is 0.834. The molecule has 1 heterocycles. The molecule has 0 aliphatic heterocycles. The molecule has 0 aromatic carbocycles. The van der Waals surface area contributed by atoms with Gasteiger partial charge in [0.25, 0.3) is 0 Å². The number of hydrogen-bond donors (Lipinski definition) is 1. The highest BCUT2D eigenvalue weighted by Gasteiger charge is 2.31. The molecule has 1 aliphatic carbocycles. The summed E-state index contributed by atoms with van der Waals surface area (Å²) in [6, 6.07) is 0.553. The van der Waals surface area contributed by atoms with Crippen LogP contribution in [0.4, 0.5) is 0 Å². The van der Waals surface area contributed by atoms with Crippen molar-refractivity contribution in [2.24, 2.45) is 5.92 Å². The first-order valence-electron chi connectivity index (χ1n) is 7.34. The van der Waals surface area contributed by atoms with Crippen molar-refractivity contribution >= 4 is 11.3 Å². The van der Waals surface area contributed by atoms with Crippen LogP contribution in [0.2, 0.25) is 0 Å². The highest BCUT2D eigenvalue weighted by Crippen LogP contribution is 2.34. The van der Waals surface area contributed by atoms with Crippen LogP contribution in [0, 0.1) is 19.8 Å². The summed E-state index contributed by atoms with van der Waals surface area (Å²) in [5, 5.41) is 4.72. The third-order valence-electron chi connectivity index (χ3n) is 4.11. The van der Waals surface area contributed by atoms with E-state index in [0.29, 0.717) is 12.1 Å². The maximum Gasteiger partial charge on any atom is 0.0946 e. The van der Waals surface area contributed by atoms with Crippen molar-refractivity contribution in [2.75, 3.05) is 13.7 Å². The molecule has 1 aliphatic rings. The highest BCUT2D eigenvalue weighted by molar-refractivity contribution is 7.11. The van der Waals surface area contributed by atoms with Gasteiger partial charge < -0.3 is 10.1 Å². The summed E-state index contributed by atoms with van der Waals surface area (Å²) in [7, 11) is 2.07. The van der Waals surface area contributed by atoms with Gasteiger partial charge in [0.15, 0.2) is 0 Å². The van der Waals surface area contributed by atoms with E-state index in [4.69, 9.17) is 4.74 Å². The number of aryl methyl sites for hydroxylation is 2. The Morgan fingerprint density at radius 3 is 2.68 bits per heavy atom. The summed E-state index contributed by atoms with van der Waals surface area (Å²) in [5.74, 6) is 0.830. The van der Waals surface area contributed by atoms with Gasteiger partial charge in [0.1, 0.15) is 0 Å². The Labute approximate surface area is 120 Å². The maximum atomic E-state index is 5.63. The molecule has 0 amide bonds. The van der Waals surface area contributed by atoms with Crippen molar-refractivity contribution in [3.8, 4) is 0 Å². The number of nitrogens with one attached hydrogen (secondary N) is 1. The fourth-order valence-corrected chi connectivity index (χ4v) is 3.80. The van der Waals surface area contributed by atoms with Crippen molar-refractivity contribution in [2.45, 2.75) is 58.6 Å². The van der Waals surface area contributed by atoms with E-state index < -0.39 is 0 Å². The first-order chi connectivity index (χ1) is 9.12. The topological polar surface area (TPSA) is 34.1 Å². The molecular weight excluding hydrogens is 256 g/mol. The Balaban J connectivity index is 1.78. The smallest absolute Gasteiger partial charge is 0.0946 e. The van der Waals surface area contributed by atoms with E-state index in [2.05, 4.69) is 38.1 Å². The summed E-state index contributed by atoms with van der Waals surface area (Å²) in [4.78, 5) is 6.00. The average molecular weight is 282 g/mol. The second kappa shape index (κ2) is 6.82. The second-order valence-electron chi connectivity index (χ2n) is 5.59. The van der Waals surface area contributed by atoms with Crippen LogP contribution >= 0.6 is 11.3 Å². The third kappa shape index (κ3) is 4.01. The first kappa shape index (κ1) is 14.9. The van der Waals surface area contributed by atoms with Crippen molar-refractivity contribution in [3.63, 3.8) is 0 Å². The molecule has 1 aromatic rings. The summed E-state index contributed by atoms with van der Waals surface area (Å²) < 4.78 is 5.63. The molecular formula is C15H26N2OS. The Morgan fingerprint density at radius 2 is 2.16 bits per heavy atom. The fourth-order valence-electron chi connectivity index (χ4n) is 2.78. The Kier molecular flexibility index (Phi) is 5.37. The van der Waals surface area contributed by atoms with Crippen LogP contribution in [0.5, 0.6) is 0 Å². The third-order valence-corrected chi connectivity index (χ3v) is 5.21. The van der Waals surface area contributed by atoms with Crippen LogP contribution in [0.1, 0.15) is 41.8 Å². The molecule has 1 aromatic heterocycles. The van der Waals surface area contributed by atoms with E-state index in [1.807, 2.05) is 11.3 Å². The summed E-state index contributed by atoms with van der Waals surface area (Å²) in [6.45, 7) is 7.19. The lowest BCUT2D eigenvalue weighted by Crippen LogP contribution is -2.38.